The van der Waals surface area contributed by atoms with Gasteiger partial charge in [-0.1, -0.05) is 0 Å². The highest BCUT2D eigenvalue weighted by Gasteiger charge is 2.17. The topological polar surface area (TPSA) is 85.1 Å². The quantitative estimate of drug-likeness (QED) is 0.936. The first-order valence-electron chi connectivity index (χ1n) is 6.24. The number of nitrogens with zero attached hydrogens (tertiary/aromatic N) is 3. The second-order valence-corrected chi connectivity index (χ2v) is 6.38. The highest BCUT2D eigenvalue weighted by molar-refractivity contribution is 7.99. The molecule has 0 aliphatic carbocycles. The number of carboxylic acids is 1. The summed E-state index contributed by atoms with van der Waals surface area (Å²) in [6.45, 7) is 5.80. The Hall–Kier alpha value is -2.15. The summed E-state index contributed by atoms with van der Waals surface area (Å²) in [5.41, 5.74) is -0.428. The number of pyridine rings is 1. The molecule has 6 nitrogen and oxygen atoms in total. The lowest BCUT2D eigenvalue weighted by molar-refractivity contribution is 0.0696. The summed E-state index contributed by atoms with van der Waals surface area (Å²) >= 11 is 1.12. The van der Waals surface area contributed by atoms with Crippen LogP contribution >= 0.6 is 11.8 Å². The van der Waals surface area contributed by atoms with Crippen LogP contribution in [-0.2, 0) is 5.54 Å². The van der Waals surface area contributed by atoms with E-state index in [9.17, 15) is 9.59 Å². The molecule has 0 bridgehead atoms. The van der Waals surface area contributed by atoms with Crippen LogP contribution in [0.3, 0.4) is 0 Å². The van der Waals surface area contributed by atoms with Crippen molar-refractivity contribution in [3.05, 3.63) is 46.6 Å². The molecule has 0 aromatic carbocycles. The molecule has 2 rings (SSSR count). The molecular formula is C14H15N3O3S. The first-order valence-corrected chi connectivity index (χ1v) is 7.06. The van der Waals surface area contributed by atoms with Crippen LogP contribution in [0, 0.1) is 0 Å². The zero-order chi connectivity index (χ0) is 15.6. The number of carboxylic acid groups (broad SMARTS) is 1. The first-order chi connectivity index (χ1) is 9.79. The van der Waals surface area contributed by atoms with Crippen LogP contribution in [0.4, 0.5) is 0 Å². The third-order valence-electron chi connectivity index (χ3n) is 2.72. The second-order valence-electron chi connectivity index (χ2n) is 5.37. The molecule has 0 aliphatic heterocycles. The zero-order valence-corrected chi connectivity index (χ0v) is 12.7. The predicted molar refractivity (Wildman–Crippen MR) is 78.8 cm³/mol. The van der Waals surface area contributed by atoms with E-state index in [1.54, 1.807) is 23.0 Å². The van der Waals surface area contributed by atoms with Gasteiger partial charge in [0.05, 0.1) is 5.56 Å². The third-order valence-corrected chi connectivity index (χ3v) is 3.64. The van der Waals surface area contributed by atoms with E-state index in [1.807, 2.05) is 20.8 Å². The molecule has 0 aliphatic rings. The van der Waals surface area contributed by atoms with Crippen LogP contribution in [0.2, 0.25) is 0 Å². The fourth-order valence-corrected chi connectivity index (χ4v) is 2.40. The molecule has 0 radical (unpaired) electrons. The summed E-state index contributed by atoms with van der Waals surface area (Å²) in [6.07, 6.45) is 4.48. The molecule has 0 unspecified atom stereocenters. The highest BCUT2D eigenvalue weighted by Crippen LogP contribution is 2.22. The van der Waals surface area contributed by atoms with Gasteiger partial charge in [0, 0.05) is 24.1 Å². The molecule has 0 fully saturated rings. The van der Waals surface area contributed by atoms with E-state index in [1.165, 1.54) is 12.3 Å². The lowest BCUT2D eigenvalue weighted by Gasteiger charge is -2.22. The Labute approximate surface area is 125 Å². The van der Waals surface area contributed by atoms with Crippen LogP contribution in [0.1, 0.15) is 31.1 Å². The van der Waals surface area contributed by atoms with Crippen molar-refractivity contribution in [2.75, 3.05) is 0 Å². The summed E-state index contributed by atoms with van der Waals surface area (Å²) in [5.74, 6) is -1.04. The van der Waals surface area contributed by atoms with Gasteiger partial charge in [-0.25, -0.2) is 14.8 Å². The SMILES string of the molecule is CC(C)(C)n1ccnc(Sc2ccc(C(=O)O)cn2)c1=O. The van der Waals surface area contributed by atoms with E-state index >= 15 is 0 Å². The van der Waals surface area contributed by atoms with E-state index in [0.29, 0.717) is 10.1 Å². The van der Waals surface area contributed by atoms with Gasteiger partial charge in [-0.2, -0.15) is 0 Å². The molecule has 110 valence electrons. The molecule has 2 aromatic heterocycles. The zero-order valence-electron chi connectivity index (χ0n) is 11.9. The van der Waals surface area contributed by atoms with Crippen molar-refractivity contribution in [2.24, 2.45) is 0 Å². The van der Waals surface area contributed by atoms with Crippen molar-refractivity contribution >= 4 is 17.7 Å². The number of hydrogen-bond acceptors (Lipinski definition) is 5. The number of rotatable bonds is 3. The van der Waals surface area contributed by atoms with Gasteiger partial charge in [0.15, 0.2) is 5.03 Å². The summed E-state index contributed by atoms with van der Waals surface area (Å²) in [7, 11) is 0. The number of aromatic nitrogens is 3. The van der Waals surface area contributed by atoms with Crippen molar-refractivity contribution in [1.29, 1.82) is 0 Å². The Balaban J connectivity index is 2.32. The maximum atomic E-state index is 12.4. The summed E-state index contributed by atoms with van der Waals surface area (Å²) in [6, 6.07) is 3.01. The Bertz CT molecular complexity index is 717. The standard InChI is InChI=1S/C14H15N3O3S/c1-14(2,3)17-7-6-15-11(12(17)18)21-10-5-4-9(8-16-10)13(19)20/h4-8H,1-3H3,(H,19,20). The van der Waals surface area contributed by atoms with Crippen LogP contribution in [-0.4, -0.2) is 25.6 Å². The van der Waals surface area contributed by atoms with E-state index in [2.05, 4.69) is 9.97 Å². The van der Waals surface area contributed by atoms with Crippen LogP contribution < -0.4 is 5.56 Å². The Morgan fingerprint density at radius 2 is 2.00 bits per heavy atom. The maximum Gasteiger partial charge on any atom is 0.337 e. The minimum absolute atomic E-state index is 0.104. The Kier molecular flexibility index (Phi) is 4.13. The van der Waals surface area contributed by atoms with Crippen LogP contribution in [0.5, 0.6) is 0 Å². The van der Waals surface area contributed by atoms with E-state index in [4.69, 9.17) is 5.11 Å². The average Bonchev–Trinajstić information content (AvgIpc) is 2.40. The molecule has 0 amide bonds. The van der Waals surface area contributed by atoms with Gasteiger partial charge >= 0.3 is 5.97 Å². The molecule has 2 aromatic rings. The third kappa shape index (κ3) is 3.49. The largest absolute Gasteiger partial charge is 0.478 e. The number of aromatic carboxylic acids is 1. The first kappa shape index (κ1) is 15.2. The van der Waals surface area contributed by atoms with Gasteiger partial charge in [0.25, 0.3) is 5.56 Å². The monoisotopic (exact) mass is 305 g/mol. The minimum Gasteiger partial charge on any atom is -0.478 e. The maximum absolute atomic E-state index is 12.4. The molecule has 1 N–H and O–H groups in total. The van der Waals surface area contributed by atoms with Crippen molar-refractivity contribution in [2.45, 2.75) is 36.4 Å². The van der Waals surface area contributed by atoms with E-state index in [-0.39, 0.29) is 16.7 Å². The second kappa shape index (κ2) is 5.69. The molecule has 7 heteroatoms. The smallest absolute Gasteiger partial charge is 0.337 e. The Morgan fingerprint density at radius 3 is 2.52 bits per heavy atom. The van der Waals surface area contributed by atoms with Gasteiger partial charge in [0.2, 0.25) is 0 Å². The number of carbonyl (C=O) groups is 1. The molecule has 0 atom stereocenters. The minimum atomic E-state index is -1.04. The molecule has 21 heavy (non-hydrogen) atoms. The number of hydrogen-bond donors (Lipinski definition) is 1. The van der Waals surface area contributed by atoms with E-state index < -0.39 is 5.97 Å². The van der Waals surface area contributed by atoms with Gasteiger partial charge in [-0.3, -0.25) is 4.79 Å². The van der Waals surface area contributed by atoms with Crippen molar-refractivity contribution in [1.82, 2.24) is 14.5 Å². The Morgan fingerprint density at radius 1 is 1.29 bits per heavy atom. The molecule has 0 saturated heterocycles. The van der Waals surface area contributed by atoms with Crippen LogP contribution in [0.15, 0.2) is 45.6 Å². The van der Waals surface area contributed by atoms with Crippen LogP contribution in [0.25, 0.3) is 0 Å². The summed E-state index contributed by atoms with van der Waals surface area (Å²) < 4.78 is 1.61. The van der Waals surface area contributed by atoms with Crippen molar-refractivity contribution < 1.29 is 9.90 Å². The summed E-state index contributed by atoms with van der Waals surface area (Å²) in [4.78, 5) is 31.2. The van der Waals surface area contributed by atoms with Gasteiger partial charge in [-0.05, 0) is 44.7 Å². The lowest BCUT2D eigenvalue weighted by Crippen LogP contribution is -2.34. The fourth-order valence-electron chi connectivity index (χ4n) is 1.66. The molecule has 0 spiro atoms. The molecule has 0 saturated carbocycles. The normalized spacial score (nSPS) is 11.4. The molecular weight excluding hydrogens is 290 g/mol. The summed E-state index contributed by atoms with van der Waals surface area (Å²) in [5, 5.41) is 9.66. The van der Waals surface area contributed by atoms with Gasteiger partial charge in [0.1, 0.15) is 5.03 Å². The fraction of sp³-hybridized carbons (Fsp3) is 0.286. The predicted octanol–water partition coefficient (Wildman–Crippen LogP) is 2.24. The van der Waals surface area contributed by atoms with Gasteiger partial charge < -0.3 is 9.67 Å². The van der Waals surface area contributed by atoms with Crippen molar-refractivity contribution in [3.8, 4) is 0 Å². The van der Waals surface area contributed by atoms with Gasteiger partial charge in [-0.15, -0.1) is 0 Å². The molecule has 2 heterocycles. The van der Waals surface area contributed by atoms with E-state index in [0.717, 1.165) is 11.8 Å². The highest BCUT2D eigenvalue weighted by atomic mass is 32.2. The average molecular weight is 305 g/mol. The van der Waals surface area contributed by atoms with Crippen molar-refractivity contribution in [3.63, 3.8) is 0 Å². The lowest BCUT2D eigenvalue weighted by atomic mass is 10.1.